The van der Waals surface area contributed by atoms with Crippen LogP contribution in [0.5, 0.6) is 0 Å². The van der Waals surface area contributed by atoms with Crippen molar-refractivity contribution in [3.05, 3.63) is 34.9 Å². The second kappa shape index (κ2) is 8.30. The number of unbranched alkanes of at least 4 members (excludes halogenated alkanes) is 4. The van der Waals surface area contributed by atoms with Gasteiger partial charge < -0.3 is 0 Å². The molecule has 0 amide bonds. The molecule has 0 aliphatic rings. The minimum absolute atomic E-state index is 0.337. The Kier molecular flexibility index (Phi) is 6.95. The number of hydrogen-bond acceptors (Lipinski definition) is 1. The summed E-state index contributed by atoms with van der Waals surface area (Å²) >= 11 is 5.80. The maximum Gasteiger partial charge on any atom is 0.137 e. The van der Waals surface area contributed by atoms with Crippen molar-refractivity contribution in [2.24, 2.45) is 0 Å². The summed E-state index contributed by atoms with van der Waals surface area (Å²) in [5.41, 5.74) is 1.06. The third kappa shape index (κ3) is 6.48. The molecule has 0 radical (unpaired) electrons. The van der Waals surface area contributed by atoms with E-state index in [2.05, 4.69) is 6.92 Å². The molecule has 94 valence electrons. The molecule has 0 spiro atoms. The van der Waals surface area contributed by atoms with Crippen molar-refractivity contribution in [1.82, 2.24) is 0 Å². The third-order valence-electron chi connectivity index (χ3n) is 2.87. The first-order valence-corrected chi connectivity index (χ1v) is 6.86. The molecule has 0 aliphatic heterocycles. The number of carbonyl (C=O) groups excluding carboxylic acids is 1. The Balaban J connectivity index is 2.18. The number of ketones is 1. The first kappa shape index (κ1) is 14.2. The Hall–Kier alpha value is -0.820. The molecule has 0 aromatic heterocycles. The molecule has 1 aromatic rings. The zero-order chi connectivity index (χ0) is 12.5. The van der Waals surface area contributed by atoms with Crippen molar-refractivity contribution >= 4 is 17.4 Å². The summed E-state index contributed by atoms with van der Waals surface area (Å²) < 4.78 is 0. The molecule has 1 aromatic carbocycles. The molecule has 0 bridgehead atoms. The van der Waals surface area contributed by atoms with Crippen molar-refractivity contribution < 1.29 is 4.79 Å². The Morgan fingerprint density at radius 1 is 1.06 bits per heavy atom. The first-order chi connectivity index (χ1) is 8.22. The van der Waals surface area contributed by atoms with Gasteiger partial charge in [-0.3, -0.25) is 4.79 Å². The smallest absolute Gasteiger partial charge is 0.137 e. The van der Waals surface area contributed by atoms with Crippen LogP contribution in [-0.2, 0) is 11.2 Å². The molecule has 0 atom stereocenters. The summed E-state index contributed by atoms with van der Waals surface area (Å²) in [6.07, 6.45) is 7.26. The van der Waals surface area contributed by atoms with Gasteiger partial charge in [-0.05, 0) is 24.1 Å². The van der Waals surface area contributed by atoms with Gasteiger partial charge in [0.2, 0.25) is 0 Å². The number of carbonyl (C=O) groups is 1. The average Bonchev–Trinajstić information content (AvgIpc) is 2.32. The molecule has 0 saturated carbocycles. The fraction of sp³-hybridized carbons (Fsp3) is 0.533. The first-order valence-electron chi connectivity index (χ1n) is 6.48. The van der Waals surface area contributed by atoms with Gasteiger partial charge in [0.05, 0.1) is 0 Å². The standard InChI is InChI=1S/C15H21ClO/c1-2-3-4-5-6-7-15(17)12-13-8-10-14(16)11-9-13/h8-11H,2-7,12H2,1H3. The van der Waals surface area contributed by atoms with Crippen LogP contribution in [0.25, 0.3) is 0 Å². The molecule has 0 aliphatic carbocycles. The van der Waals surface area contributed by atoms with Gasteiger partial charge >= 0.3 is 0 Å². The maximum atomic E-state index is 11.7. The summed E-state index contributed by atoms with van der Waals surface area (Å²) in [5.74, 6) is 0.337. The van der Waals surface area contributed by atoms with E-state index in [1.165, 1.54) is 25.7 Å². The van der Waals surface area contributed by atoms with Gasteiger partial charge in [0.15, 0.2) is 0 Å². The monoisotopic (exact) mass is 252 g/mol. The van der Waals surface area contributed by atoms with Crippen molar-refractivity contribution in [2.75, 3.05) is 0 Å². The van der Waals surface area contributed by atoms with E-state index < -0.39 is 0 Å². The molecular weight excluding hydrogens is 232 g/mol. The quantitative estimate of drug-likeness (QED) is 0.607. The molecule has 1 nitrogen and oxygen atoms in total. The number of halogens is 1. The molecule has 0 fully saturated rings. The zero-order valence-corrected chi connectivity index (χ0v) is 11.3. The minimum Gasteiger partial charge on any atom is -0.299 e. The molecule has 1 rings (SSSR count). The topological polar surface area (TPSA) is 17.1 Å². The highest BCUT2D eigenvalue weighted by molar-refractivity contribution is 6.30. The predicted octanol–water partition coefficient (Wildman–Crippen LogP) is 4.81. The molecule has 0 heterocycles. The average molecular weight is 253 g/mol. The van der Waals surface area contributed by atoms with Gasteiger partial charge in [0.25, 0.3) is 0 Å². The molecule has 0 saturated heterocycles. The lowest BCUT2D eigenvalue weighted by atomic mass is 10.0. The van der Waals surface area contributed by atoms with Crippen LogP contribution in [0.15, 0.2) is 24.3 Å². The number of hydrogen-bond donors (Lipinski definition) is 0. The van der Waals surface area contributed by atoms with Gasteiger partial charge in [-0.1, -0.05) is 56.3 Å². The number of Topliss-reactive ketones (excluding diaryl/α,β-unsaturated/α-hetero) is 1. The van der Waals surface area contributed by atoms with Crippen molar-refractivity contribution in [3.63, 3.8) is 0 Å². The molecular formula is C15H21ClO. The Labute approximate surface area is 109 Å². The van der Waals surface area contributed by atoms with E-state index in [0.29, 0.717) is 18.6 Å². The van der Waals surface area contributed by atoms with Crippen LogP contribution < -0.4 is 0 Å². The van der Waals surface area contributed by atoms with Crippen LogP contribution >= 0.6 is 11.6 Å². The molecule has 17 heavy (non-hydrogen) atoms. The Morgan fingerprint density at radius 3 is 2.35 bits per heavy atom. The van der Waals surface area contributed by atoms with E-state index in [9.17, 15) is 4.79 Å². The zero-order valence-electron chi connectivity index (χ0n) is 10.5. The highest BCUT2D eigenvalue weighted by Gasteiger charge is 2.03. The fourth-order valence-corrected chi connectivity index (χ4v) is 1.97. The largest absolute Gasteiger partial charge is 0.299 e. The number of benzene rings is 1. The second-order valence-corrected chi connectivity index (χ2v) is 4.94. The van der Waals surface area contributed by atoms with Gasteiger partial charge in [-0.25, -0.2) is 0 Å². The van der Waals surface area contributed by atoms with Crippen LogP contribution in [0, 0.1) is 0 Å². The maximum absolute atomic E-state index is 11.7. The third-order valence-corrected chi connectivity index (χ3v) is 3.13. The minimum atomic E-state index is 0.337. The van der Waals surface area contributed by atoms with Crippen LogP contribution in [0.2, 0.25) is 5.02 Å². The van der Waals surface area contributed by atoms with Crippen LogP contribution in [0.1, 0.15) is 51.0 Å². The Bertz CT molecular complexity index is 329. The SMILES string of the molecule is CCCCCCCC(=O)Cc1ccc(Cl)cc1. The van der Waals surface area contributed by atoms with E-state index in [1.54, 1.807) is 0 Å². The Morgan fingerprint density at radius 2 is 1.71 bits per heavy atom. The fourth-order valence-electron chi connectivity index (χ4n) is 1.84. The summed E-state index contributed by atoms with van der Waals surface area (Å²) in [6, 6.07) is 7.53. The van der Waals surface area contributed by atoms with E-state index in [0.717, 1.165) is 17.0 Å². The van der Waals surface area contributed by atoms with Gasteiger partial charge in [-0.15, -0.1) is 0 Å². The summed E-state index contributed by atoms with van der Waals surface area (Å²) in [4.78, 5) is 11.7. The summed E-state index contributed by atoms with van der Waals surface area (Å²) in [5, 5.41) is 0.723. The highest BCUT2D eigenvalue weighted by Crippen LogP contribution is 2.12. The second-order valence-electron chi connectivity index (χ2n) is 4.51. The number of rotatable bonds is 8. The van der Waals surface area contributed by atoms with Crippen molar-refractivity contribution in [1.29, 1.82) is 0 Å². The lowest BCUT2D eigenvalue weighted by molar-refractivity contribution is -0.118. The van der Waals surface area contributed by atoms with Crippen LogP contribution in [0.4, 0.5) is 0 Å². The van der Waals surface area contributed by atoms with Crippen LogP contribution in [-0.4, -0.2) is 5.78 Å². The lowest BCUT2D eigenvalue weighted by Gasteiger charge is -2.02. The molecule has 2 heteroatoms. The van der Waals surface area contributed by atoms with Gasteiger partial charge in [0.1, 0.15) is 5.78 Å². The van der Waals surface area contributed by atoms with E-state index in [-0.39, 0.29) is 0 Å². The molecule has 0 unspecified atom stereocenters. The van der Waals surface area contributed by atoms with Gasteiger partial charge in [0, 0.05) is 17.9 Å². The van der Waals surface area contributed by atoms with E-state index >= 15 is 0 Å². The summed E-state index contributed by atoms with van der Waals surface area (Å²) in [6.45, 7) is 2.20. The highest BCUT2D eigenvalue weighted by atomic mass is 35.5. The lowest BCUT2D eigenvalue weighted by Crippen LogP contribution is -2.02. The van der Waals surface area contributed by atoms with Gasteiger partial charge in [-0.2, -0.15) is 0 Å². The van der Waals surface area contributed by atoms with E-state index in [1.807, 2.05) is 24.3 Å². The molecule has 0 N–H and O–H groups in total. The van der Waals surface area contributed by atoms with Crippen molar-refractivity contribution in [3.8, 4) is 0 Å². The van der Waals surface area contributed by atoms with E-state index in [4.69, 9.17) is 11.6 Å². The van der Waals surface area contributed by atoms with Crippen molar-refractivity contribution in [2.45, 2.75) is 51.9 Å². The van der Waals surface area contributed by atoms with Crippen LogP contribution in [0.3, 0.4) is 0 Å². The summed E-state index contributed by atoms with van der Waals surface area (Å²) in [7, 11) is 0. The predicted molar refractivity (Wildman–Crippen MR) is 73.5 cm³/mol. The normalized spacial score (nSPS) is 10.5.